The molecular weight excluding hydrogens is 304 g/mol. The van der Waals surface area contributed by atoms with E-state index in [0.717, 1.165) is 14.2 Å². The zero-order valence-corrected chi connectivity index (χ0v) is 12.1. The standard InChI is InChI=1S/C12H20O10/c1-20-7(14)3-5(11(18)21-2)12(19)10(17)9(16)8(15)6(4-13)22-12/h5-6,8-10,13,15-17,19H,3-4H2,1-2H3/t5?,6-,8-,9+,10-,12?/m1/s1. The SMILES string of the molecule is COC(=O)CC(C(=O)OC)C1(O)O[C@H](CO)[C@@H](O)[C@H](O)[C@H]1O. The molecule has 0 aromatic carbocycles. The van der Waals surface area contributed by atoms with Crippen LogP contribution in [0.5, 0.6) is 0 Å². The van der Waals surface area contributed by atoms with Crippen molar-refractivity contribution in [2.75, 3.05) is 20.8 Å². The molecule has 0 bridgehead atoms. The van der Waals surface area contributed by atoms with Crippen molar-refractivity contribution in [1.82, 2.24) is 0 Å². The van der Waals surface area contributed by atoms with E-state index in [-0.39, 0.29) is 0 Å². The maximum Gasteiger partial charge on any atom is 0.314 e. The quantitative estimate of drug-likeness (QED) is 0.321. The molecule has 1 aliphatic heterocycles. The molecule has 0 spiro atoms. The molecule has 0 saturated carbocycles. The van der Waals surface area contributed by atoms with Gasteiger partial charge in [-0.1, -0.05) is 0 Å². The summed E-state index contributed by atoms with van der Waals surface area (Å²) < 4.78 is 13.8. The van der Waals surface area contributed by atoms with Gasteiger partial charge in [-0.15, -0.1) is 0 Å². The lowest BCUT2D eigenvalue weighted by molar-refractivity contribution is -0.365. The van der Waals surface area contributed by atoms with Crippen molar-refractivity contribution in [2.45, 2.75) is 36.6 Å². The summed E-state index contributed by atoms with van der Waals surface area (Å²) in [7, 11) is 2.04. The zero-order valence-electron chi connectivity index (χ0n) is 12.1. The van der Waals surface area contributed by atoms with Crippen LogP contribution in [0.15, 0.2) is 0 Å². The molecule has 0 aliphatic carbocycles. The Kier molecular flexibility index (Phi) is 6.23. The van der Waals surface area contributed by atoms with Gasteiger partial charge in [0.1, 0.15) is 30.3 Å². The molecule has 0 radical (unpaired) electrons. The van der Waals surface area contributed by atoms with E-state index in [1.165, 1.54) is 0 Å². The number of carbonyl (C=O) groups is 2. The number of carbonyl (C=O) groups excluding carboxylic acids is 2. The van der Waals surface area contributed by atoms with Gasteiger partial charge in [-0.3, -0.25) is 9.59 Å². The lowest BCUT2D eigenvalue weighted by atomic mass is 9.83. The molecular formula is C12H20O10. The van der Waals surface area contributed by atoms with Gasteiger partial charge < -0.3 is 39.7 Å². The number of hydrogen-bond donors (Lipinski definition) is 5. The van der Waals surface area contributed by atoms with E-state index in [1.54, 1.807) is 0 Å². The van der Waals surface area contributed by atoms with Crippen LogP contribution < -0.4 is 0 Å². The van der Waals surface area contributed by atoms with Gasteiger partial charge in [0.15, 0.2) is 0 Å². The fraction of sp³-hybridized carbons (Fsp3) is 0.833. The third-order valence-electron chi connectivity index (χ3n) is 3.58. The van der Waals surface area contributed by atoms with Crippen molar-refractivity contribution in [3.8, 4) is 0 Å². The van der Waals surface area contributed by atoms with Crippen LogP contribution in [-0.4, -0.2) is 88.5 Å². The molecule has 10 heteroatoms. The minimum absolute atomic E-state index is 0.711. The van der Waals surface area contributed by atoms with Gasteiger partial charge in [-0.05, 0) is 0 Å². The van der Waals surface area contributed by atoms with Gasteiger partial charge in [-0.25, -0.2) is 0 Å². The van der Waals surface area contributed by atoms with E-state index in [2.05, 4.69) is 9.47 Å². The average molecular weight is 324 g/mol. The molecule has 1 rings (SSSR count). The Bertz CT molecular complexity index is 411. The van der Waals surface area contributed by atoms with E-state index in [4.69, 9.17) is 9.84 Å². The molecule has 128 valence electrons. The first-order chi connectivity index (χ1) is 10.2. The third-order valence-corrected chi connectivity index (χ3v) is 3.58. The maximum atomic E-state index is 11.8. The van der Waals surface area contributed by atoms with Crippen molar-refractivity contribution in [3.63, 3.8) is 0 Å². The van der Waals surface area contributed by atoms with E-state index >= 15 is 0 Å². The number of hydrogen-bond acceptors (Lipinski definition) is 10. The van der Waals surface area contributed by atoms with Crippen LogP contribution in [0.4, 0.5) is 0 Å². The van der Waals surface area contributed by atoms with Crippen LogP contribution in [0.25, 0.3) is 0 Å². The molecule has 10 nitrogen and oxygen atoms in total. The molecule has 5 N–H and O–H groups in total. The van der Waals surface area contributed by atoms with Crippen LogP contribution in [0.1, 0.15) is 6.42 Å². The molecule has 0 aromatic rings. The summed E-state index contributed by atoms with van der Waals surface area (Å²) in [4.78, 5) is 23.2. The van der Waals surface area contributed by atoms with Gasteiger partial charge in [0.25, 0.3) is 0 Å². The average Bonchev–Trinajstić information content (AvgIpc) is 2.52. The van der Waals surface area contributed by atoms with Crippen molar-refractivity contribution >= 4 is 11.9 Å². The first-order valence-corrected chi connectivity index (χ1v) is 6.42. The van der Waals surface area contributed by atoms with Gasteiger partial charge in [0.05, 0.1) is 27.2 Å². The highest BCUT2D eigenvalue weighted by Crippen LogP contribution is 2.36. The number of ether oxygens (including phenoxy) is 3. The lowest BCUT2D eigenvalue weighted by Crippen LogP contribution is -2.69. The van der Waals surface area contributed by atoms with Crippen LogP contribution >= 0.6 is 0 Å². The van der Waals surface area contributed by atoms with E-state index in [0.29, 0.717) is 0 Å². The van der Waals surface area contributed by atoms with E-state index in [9.17, 15) is 30.0 Å². The van der Waals surface area contributed by atoms with Crippen LogP contribution in [0.3, 0.4) is 0 Å². The monoisotopic (exact) mass is 324 g/mol. The summed E-state index contributed by atoms with van der Waals surface area (Å²) in [6.45, 7) is -0.806. The second kappa shape index (κ2) is 7.31. The molecule has 0 aromatic heterocycles. The van der Waals surface area contributed by atoms with E-state index in [1.807, 2.05) is 0 Å². The van der Waals surface area contributed by atoms with Crippen LogP contribution in [0.2, 0.25) is 0 Å². The summed E-state index contributed by atoms with van der Waals surface area (Å²) in [5, 5.41) is 48.9. The van der Waals surface area contributed by atoms with Crippen molar-refractivity contribution in [1.29, 1.82) is 0 Å². The normalized spacial score (nSPS) is 36.5. The second-order valence-electron chi connectivity index (χ2n) is 4.87. The number of rotatable bonds is 5. The Balaban J connectivity index is 3.17. The van der Waals surface area contributed by atoms with Gasteiger partial charge >= 0.3 is 11.9 Å². The smallest absolute Gasteiger partial charge is 0.314 e. The first kappa shape index (κ1) is 18.7. The Labute approximate surface area is 125 Å². The molecule has 2 unspecified atom stereocenters. The van der Waals surface area contributed by atoms with Gasteiger partial charge in [0.2, 0.25) is 5.79 Å². The highest BCUT2D eigenvalue weighted by Gasteiger charge is 2.59. The topological polar surface area (TPSA) is 163 Å². The van der Waals surface area contributed by atoms with Crippen molar-refractivity contribution in [3.05, 3.63) is 0 Å². The Hall–Kier alpha value is -1.30. The lowest BCUT2D eigenvalue weighted by Gasteiger charge is -2.47. The second-order valence-corrected chi connectivity index (χ2v) is 4.87. The fourth-order valence-electron chi connectivity index (χ4n) is 2.26. The van der Waals surface area contributed by atoms with E-state index < -0.39 is 61.1 Å². The summed E-state index contributed by atoms with van der Waals surface area (Å²) in [6, 6.07) is 0. The van der Waals surface area contributed by atoms with Gasteiger partial charge in [0, 0.05) is 0 Å². The largest absolute Gasteiger partial charge is 0.469 e. The van der Waals surface area contributed by atoms with Crippen molar-refractivity contribution in [2.24, 2.45) is 5.92 Å². The molecule has 6 atom stereocenters. The Morgan fingerprint density at radius 2 is 1.77 bits per heavy atom. The Morgan fingerprint density at radius 1 is 1.18 bits per heavy atom. The predicted octanol–water partition coefficient (Wildman–Crippen LogP) is -3.50. The van der Waals surface area contributed by atoms with Crippen molar-refractivity contribution < 1.29 is 49.3 Å². The zero-order chi connectivity index (χ0) is 17.1. The maximum absolute atomic E-state index is 11.8. The van der Waals surface area contributed by atoms with Crippen LogP contribution in [0, 0.1) is 5.92 Å². The molecule has 1 fully saturated rings. The van der Waals surface area contributed by atoms with Gasteiger partial charge in [-0.2, -0.15) is 0 Å². The summed E-state index contributed by atoms with van der Waals surface area (Å²) >= 11 is 0. The third kappa shape index (κ3) is 3.37. The summed E-state index contributed by atoms with van der Waals surface area (Å²) in [6.07, 6.45) is -7.93. The minimum Gasteiger partial charge on any atom is -0.469 e. The molecule has 1 saturated heterocycles. The fourth-order valence-corrected chi connectivity index (χ4v) is 2.26. The summed E-state index contributed by atoms with van der Waals surface area (Å²) in [5.41, 5.74) is 0. The Morgan fingerprint density at radius 3 is 2.23 bits per heavy atom. The summed E-state index contributed by atoms with van der Waals surface area (Å²) in [5.74, 6) is -6.50. The highest BCUT2D eigenvalue weighted by atomic mass is 16.7. The number of aliphatic hydroxyl groups is 5. The minimum atomic E-state index is -2.76. The first-order valence-electron chi connectivity index (χ1n) is 6.42. The highest BCUT2D eigenvalue weighted by molar-refractivity contribution is 5.80. The molecule has 22 heavy (non-hydrogen) atoms. The molecule has 1 heterocycles. The number of methoxy groups -OCH3 is 2. The molecule has 1 aliphatic rings. The number of aliphatic hydroxyl groups excluding tert-OH is 4. The number of esters is 2. The predicted molar refractivity (Wildman–Crippen MR) is 67.1 cm³/mol. The van der Waals surface area contributed by atoms with Crippen LogP contribution in [-0.2, 0) is 23.8 Å². The molecule has 0 amide bonds.